The summed E-state index contributed by atoms with van der Waals surface area (Å²) in [7, 11) is 0. The number of para-hydroxylation sites is 2. The van der Waals surface area contributed by atoms with Crippen LogP contribution in [-0.4, -0.2) is 0 Å². The third kappa shape index (κ3) is 2.75. The number of hydrogen-bond acceptors (Lipinski definition) is 2. The molecule has 0 spiro atoms. The molecule has 3 heteroatoms. The van der Waals surface area contributed by atoms with Gasteiger partial charge in [-0.05, 0) is 53.1 Å². The Labute approximate surface area is 194 Å². The molecular weight excluding hydrogens is 428 g/mol. The maximum atomic E-state index is 6.50. The van der Waals surface area contributed by atoms with Crippen molar-refractivity contribution in [1.29, 1.82) is 0 Å². The summed E-state index contributed by atoms with van der Waals surface area (Å²) in [5.74, 6) is 0. The fraction of sp³-hybridized carbons (Fsp3) is 0. The zero-order valence-electron chi connectivity index (χ0n) is 17.5. The normalized spacial score (nSPS) is 11.8. The molecule has 0 bridgehead atoms. The Hall–Kier alpha value is -4.01. The second kappa shape index (κ2) is 6.99. The standard InChI is InChI=1S/C30H17ClO2/c31-19-14-12-18(13-15-19)20-16-17-22(30-29(20)24-7-2-4-10-26(24)33-30)21-8-5-11-27-28(21)23-6-1-3-9-25(23)32-27/h1-17H. The van der Waals surface area contributed by atoms with Crippen molar-refractivity contribution in [3.63, 3.8) is 0 Å². The van der Waals surface area contributed by atoms with E-state index in [-0.39, 0.29) is 0 Å². The van der Waals surface area contributed by atoms with E-state index in [0.29, 0.717) is 0 Å². The zero-order valence-corrected chi connectivity index (χ0v) is 18.3. The second-order valence-electron chi connectivity index (χ2n) is 8.25. The van der Waals surface area contributed by atoms with Gasteiger partial charge in [0.2, 0.25) is 0 Å². The van der Waals surface area contributed by atoms with E-state index in [9.17, 15) is 0 Å². The van der Waals surface area contributed by atoms with E-state index in [1.807, 2.05) is 48.5 Å². The molecule has 7 aromatic rings. The molecule has 156 valence electrons. The summed E-state index contributed by atoms with van der Waals surface area (Å²) in [6, 6.07) is 34.9. The lowest BCUT2D eigenvalue weighted by atomic mass is 9.93. The Morgan fingerprint density at radius 1 is 0.455 bits per heavy atom. The summed E-state index contributed by atoms with van der Waals surface area (Å²) in [6.45, 7) is 0. The number of fused-ring (bicyclic) bond motifs is 6. The van der Waals surface area contributed by atoms with Crippen LogP contribution in [0.25, 0.3) is 66.1 Å². The van der Waals surface area contributed by atoms with Gasteiger partial charge in [-0.1, -0.05) is 78.3 Å². The van der Waals surface area contributed by atoms with E-state index in [2.05, 4.69) is 54.6 Å². The fourth-order valence-electron chi connectivity index (χ4n) is 4.91. The van der Waals surface area contributed by atoms with E-state index in [1.54, 1.807) is 0 Å². The predicted octanol–water partition coefficient (Wildman–Crippen LogP) is 9.47. The minimum absolute atomic E-state index is 0.724. The lowest BCUT2D eigenvalue weighted by Crippen LogP contribution is -1.85. The quantitative estimate of drug-likeness (QED) is 0.265. The molecule has 5 aromatic carbocycles. The number of halogens is 1. The van der Waals surface area contributed by atoms with Crippen molar-refractivity contribution in [2.24, 2.45) is 0 Å². The van der Waals surface area contributed by atoms with Crippen molar-refractivity contribution in [3.8, 4) is 22.3 Å². The molecule has 2 heterocycles. The van der Waals surface area contributed by atoms with Crippen LogP contribution in [0.4, 0.5) is 0 Å². The minimum atomic E-state index is 0.724. The average Bonchev–Trinajstić information content (AvgIpc) is 3.43. The van der Waals surface area contributed by atoms with Crippen LogP contribution in [-0.2, 0) is 0 Å². The maximum Gasteiger partial charge on any atom is 0.143 e. The summed E-state index contributed by atoms with van der Waals surface area (Å²) >= 11 is 6.16. The van der Waals surface area contributed by atoms with Crippen molar-refractivity contribution in [2.45, 2.75) is 0 Å². The van der Waals surface area contributed by atoms with Gasteiger partial charge in [0.05, 0.1) is 0 Å². The number of rotatable bonds is 2. The molecular formula is C30H17ClO2. The van der Waals surface area contributed by atoms with Gasteiger partial charge in [-0.15, -0.1) is 0 Å². The van der Waals surface area contributed by atoms with Gasteiger partial charge < -0.3 is 8.83 Å². The van der Waals surface area contributed by atoms with E-state index in [0.717, 1.165) is 71.2 Å². The topological polar surface area (TPSA) is 26.3 Å². The lowest BCUT2D eigenvalue weighted by molar-refractivity contribution is 0.668. The maximum absolute atomic E-state index is 6.50. The van der Waals surface area contributed by atoms with Crippen molar-refractivity contribution < 1.29 is 8.83 Å². The molecule has 0 radical (unpaired) electrons. The summed E-state index contributed by atoms with van der Waals surface area (Å²) in [6.07, 6.45) is 0. The number of hydrogen-bond donors (Lipinski definition) is 0. The third-order valence-electron chi connectivity index (χ3n) is 6.37. The highest BCUT2D eigenvalue weighted by Gasteiger charge is 2.20. The van der Waals surface area contributed by atoms with Crippen LogP contribution >= 0.6 is 11.6 Å². The van der Waals surface area contributed by atoms with Crippen molar-refractivity contribution in [2.75, 3.05) is 0 Å². The molecule has 0 unspecified atom stereocenters. The first-order chi connectivity index (χ1) is 16.3. The van der Waals surface area contributed by atoms with Crippen LogP contribution in [0.5, 0.6) is 0 Å². The van der Waals surface area contributed by atoms with Crippen molar-refractivity contribution in [1.82, 2.24) is 0 Å². The molecule has 0 aliphatic rings. The van der Waals surface area contributed by atoms with E-state index >= 15 is 0 Å². The first-order valence-corrected chi connectivity index (χ1v) is 11.3. The predicted molar refractivity (Wildman–Crippen MR) is 137 cm³/mol. The first-order valence-electron chi connectivity index (χ1n) is 10.9. The Kier molecular flexibility index (Phi) is 3.93. The largest absolute Gasteiger partial charge is 0.456 e. The smallest absolute Gasteiger partial charge is 0.143 e. The van der Waals surface area contributed by atoms with E-state index in [4.69, 9.17) is 20.4 Å². The van der Waals surface area contributed by atoms with Gasteiger partial charge >= 0.3 is 0 Å². The SMILES string of the molecule is Clc1ccc(-c2ccc(-c3cccc4oc5ccccc5c34)c3oc4ccccc4c23)cc1. The monoisotopic (exact) mass is 444 g/mol. The van der Waals surface area contributed by atoms with Gasteiger partial charge in [-0.25, -0.2) is 0 Å². The van der Waals surface area contributed by atoms with Gasteiger partial charge in [-0.3, -0.25) is 0 Å². The molecule has 0 saturated heterocycles. The van der Waals surface area contributed by atoms with E-state index < -0.39 is 0 Å². The molecule has 2 nitrogen and oxygen atoms in total. The Balaban J connectivity index is 1.61. The average molecular weight is 445 g/mol. The van der Waals surface area contributed by atoms with Crippen LogP contribution < -0.4 is 0 Å². The van der Waals surface area contributed by atoms with Crippen molar-refractivity contribution >= 4 is 55.5 Å². The molecule has 0 aliphatic carbocycles. The lowest BCUT2D eigenvalue weighted by Gasteiger charge is -2.09. The third-order valence-corrected chi connectivity index (χ3v) is 6.63. The van der Waals surface area contributed by atoms with Crippen LogP contribution in [0.2, 0.25) is 5.02 Å². The zero-order chi connectivity index (χ0) is 21.9. The molecule has 7 rings (SSSR count). The molecule has 0 atom stereocenters. The molecule has 0 fully saturated rings. The summed E-state index contributed by atoms with van der Waals surface area (Å²) < 4.78 is 12.7. The summed E-state index contributed by atoms with van der Waals surface area (Å²) in [4.78, 5) is 0. The first kappa shape index (κ1) is 18.6. The van der Waals surface area contributed by atoms with Gasteiger partial charge in [-0.2, -0.15) is 0 Å². The Morgan fingerprint density at radius 2 is 1.09 bits per heavy atom. The molecule has 0 saturated carbocycles. The van der Waals surface area contributed by atoms with Gasteiger partial charge in [0, 0.05) is 32.1 Å². The van der Waals surface area contributed by atoms with E-state index in [1.165, 1.54) is 0 Å². The fourth-order valence-corrected chi connectivity index (χ4v) is 5.04. The summed E-state index contributed by atoms with van der Waals surface area (Å²) in [5, 5.41) is 5.14. The molecule has 2 aromatic heterocycles. The molecule has 0 amide bonds. The highest BCUT2D eigenvalue weighted by atomic mass is 35.5. The highest BCUT2D eigenvalue weighted by Crippen LogP contribution is 2.44. The van der Waals surface area contributed by atoms with Crippen molar-refractivity contribution in [3.05, 3.63) is 108 Å². The van der Waals surface area contributed by atoms with Gasteiger partial charge in [0.1, 0.15) is 22.3 Å². The minimum Gasteiger partial charge on any atom is -0.456 e. The Bertz CT molecular complexity index is 1820. The summed E-state index contributed by atoms with van der Waals surface area (Å²) in [5.41, 5.74) is 7.90. The van der Waals surface area contributed by atoms with Crippen LogP contribution in [0.15, 0.2) is 112 Å². The highest BCUT2D eigenvalue weighted by molar-refractivity contribution is 6.30. The Morgan fingerprint density at radius 3 is 1.88 bits per heavy atom. The van der Waals surface area contributed by atoms with Crippen LogP contribution in [0, 0.1) is 0 Å². The number of benzene rings is 5. The molecule has 0 N–H and O–H groups in total. The second-order valence-corrected chi connectivity index (χ2v) is 8.68. The number of furan rings is 2. The molecule has 0 aliphatic heterocycles. The van der Waals surface area contributed by atoms with Crippen LogP contribution in [0.1, 0.15) is 0 Å². The van der Waals surface area contributed by atoms with Gasteiger partial charge in [0.15, 0.2) is 0 Å². The van der Waals surface area contributed by atoms with Crippen LogP contribution in [0.3, 0.4) is 0 Å². The molecule has 33 heavy (non-hydrogen) atoms. The van der Waals surface area contributed by atoms with Gasteiger partial charge in [0.25, 0.3) is 0 Å².